The number of nitrogens with zero attached hydrogens (tertiary/aromatic N) is 2. The molecule has 102 valence electrons. The lowest BCUT2D eigenvalue weighted by molar-refractivity contribution is 0.268. The van der Waals surface area contributed by atoms with Gasteiger partial charge in [-0.2, -0.15) is 4.98 Å². The summed E-state index contributed by atoms with van der Waals surface area (Å²) >= 11 is 6.11. The van der Waals surface area contributed by atoms with Crippen LogP contribution in [0.4, 0.5) is 11.8 Å². The Morgan fingerprint density at radius 1 is 1.42 bits per heavy atom. The van der Waals surface area contributed by atoms with Crippen molar-refractivity contribution in [2.75, 3.05) is 17.7 Å². The molecule has 0 saturated carbocycles. The zero-order chi connectivity index (χ0) is 13.8. The monoisotopic (exact) mass is 280 g/mol. The van der Waals surface area contributed by atoms with E-state index in [0.717, 1.165) is 18.2 Å². The van der Waals surface area contributed by atoms with E-state index in [1.165, 1.54) is 0 Å². The van der Waals surface area contributed by atoms with Crippen LogP contribution in [0.15, 0.2) is 18.2 Å². The molecule has 0 amide bonds. The summed E-state index contributed by atoms with van der Waals surface area (Å²) in [5.74, 6) is 0.772. The van der Waals surface area contributed by atoms with Crippen molar-refractivity contribution in [2.24, 2.45) is 0 Å². The van der Waals surface area contributed by atoms with E-state index in [0.29, 0.717) is 16.4 Å². The third-order valence-corrected chi connectivity index (χ3v) is 3.20. The smallest absolute Gasteiger partial charge is 0.222 e. The molecule has 0 saturated heterocycles. The number of hydrogen-bond donors (Lipinski definition) is 3. The Balaban J connectivity index is 2.44. The third-order valence-electron chi connectivity index (χ3n) is 2.89. The molecule has 19 heavy (non-hydrogen) atoms. The first-order valence-corrected chi connectivity index (χ1v) is 6.62. The van der Waals surface area contributed by atoms with Crippen LogP contribution in [0.25, 0.3) is 10.9 Å². The van der Waals surface area contributed by atoms with Crippen LogP contribution in [0.3, 0.4) is 0 Å². The Hall–Kier alpha value is -1.59. The SMILES string of the molecule is CCC[C@@H](CO)Nc1nc(N)nc2c(Cl)cccc12. The molecule has 1 aromatic heterocycles. The molecule has 1 atom stereocenters. The van der Waals surface area contributed by atoms with Crippen LogP contribution >= 0.6 is 11.6 Å². The zero-order valence-electron chi connectivity index (χ0n) is 10.7. The number of aliphatic hydroxyl groups excluding tert-OH is 1. The van der Waals surface area contributed by atoms with Gasteiger partial charge in [-0.1, -0.05) is 31.0 Å². The molecule has 1 aromatic carbocycles. The Morgan fingerprint density at radius 2 is 2.21 bits per heavy atom. The molecule has 0 fully saturated rings. The number of hydrogen-bond acceptors (Lipinski definition) is 5. The maximum atomic E-state index is 9.35. The Morgan fingerprint density at radius 3 is 2.89 bits per heavy atom. The fourth-order valence-electron chi connectivity index (χ4n) is 2.00. The maximum Gasteiger partial charge on any atom is 0.222 e. The van der Waals surface area contributed by atoms with Gasteiger partial charge in [-0.15, -0.1) is 0 Å². The van der Waals surface area contributed by atoms with Crippen LogP contribution in [0.5, 0.6) is 0 Å². The number of para-hydroxylation sites is 1. The fraction of sp³-hybridized carbons (Fsp3) is 0.385. The first kappa shape index (κ1) is 13.8. The summed E-state index contributed by atoms with van der Waals surface area (Å²) in [5.41, 5.74) is 6.32. The van der Waals surface area contributed by atoms with Gasteiger partial charge in [-0.25, -0.2) is 4.98 Å². The van der Waals surface area contributed by atoms with Crippen molar-refractivity contribution in [3.8, 4) is 0 Å². The van der Waals surface area contributed by atoms with Crippen molar-refractivity contribution in [1.82, 2.24) is 9.97 Å². The van der Waals surface area contributed by atoms with Crippen molar-refractivity contribution in [3.63, 3.8) is 0 Å². The van der Waals surface area contributed by atoms with Gasteiger partial charge in [0.25, 0.3) is 0 Å². The van der Waals surface area contributed by atoms with Crippen molar-refractivity contribution in [3.05, 3.63) is 23.2 Å². The van der Waals surface area contributed by atoms with Crippen LogP contribution in [0.1, 0.15) is 19.8 Å². The van der Waals surface area contributed by atoms with E-state index in [2.05, 4.69) is 22.2 Å². The summed E-state index contributed by atoms with van der Waals surface area (Å²) in [6.45, 7) is 2.10. The largest absolute Gasteiger partial charge is 0.394 e. The summed E-state index contributed by atoms with van der Waals surface area (Å²) in [6, 6.07) is 5.42. The molecule has 0 unspecified atom stereocenters. The molecule has 6 heteroatoms. The van der Waals surface area contributed by atoms with Gasteiger partial charge in [-0.3, -0.25) is 0 Å². The normalized spacial score (nSPS) is 12.6. The van der Waals surface area contributed by atoms with Gasteiger partial charge in [0, 0.05) is 5.39 Å². The van der Waals surface area contributed by atoms with Gasteiger partial charge in [-0.05, 0) is 18.6 Å². The number of nitrogens with two attached hydrogens (primary N) is 1. The Kier molecular flexibility index (Phi) is 4.39. The molecule has 0 bridgehead atoms. The number of aromatic nitrogens is 2. The van der Waals surface area contributed by atoms with Crippen molar-refractivity contribution in [2.45, 2.75) is 25.8 Å². The lowest BCUT2D eigenvalue weighted by Gasteiger charge is -2.17. The minimum atomic E-state index is -0.0542. The highest BCUT2D eigenvalue weighted by Gasteiger charge is 2.12. The number of halogens is 1. The number of nitrogens with one attached hydrogen (secondary N) is 1. The molecule has 0 aliphatic rings. The lowest BCUT2D eigenvalue weighted by Crippen LogP contribution is -2.24. The second-order valence-corrected chi connectivity index (χ2v) is 4.79. The molecule has 0 radical (unpaired) electrons. The highest BCUT2D eigenvalue weighted by Crippen LogP contribution is 2.27. The molecule has 0 spiro atoms. The average molecular weight is 281 g/mol. The highest BCUT2D eigenvalue weighted by atomic mass is 35.5. The van der Waals surface area contributed by atoms with E-state index in [1.807, 2.05) is 12.1 Å². The summed E-state index contributed by atoms with van der Waals surface area (Å²) < 4.78 is 0. The summed E-state index contributed by atoms with van der Waals surface area (Å²) in [4.78, 5) is 8.35. The molecule has 2 rings (SSSR count). The lowest BCUT2D eigenvalue weighted by atomic mass is 10.1. The van der Waals surface area contributed by atoms with Crippen molar-refractivity contribution in [1.29, 1.82) is 0 Å². The number of rotatable bonds is 5. The standard InChI is InChI=1S/C13H17ClN4O/c1-2-4-8(7-19)16-12-9-5-3-6-10(14)11(9)17-13(15)18-12/h3,5-6,8,19H,2,4,7H2,1H3,(H3,15,16,17,18)/t8-/m0/s1. The van der Waals surface area contributed by atoms with Crippen LogP contribution < -0.4 is 11.1 Å². The molecular weight excluding hydrogens is 264 g/mol. The molecule has 0 aliphatic carbocycles. The minimum Gasteiger partial charge on any atom is -0.394 e. The molecule has 1 heterocycles. The van der Waals surface area contributed by atoms with Crippen LogP contribution in [0.2, 0.25) is 5.02 Å². The van der Waals surface area contributed by atoms with Crippen molar-refractivity contribution >= 4 is 34.3 Å². The molecule has 4 N–H and O–H groups in total. The Labute approximate surface area is 116 Å². The fourth-order valence-corrected chi connectivity index (χ4v) is 2.21. The van der Waals surface area contributed by atoms with Gasteiger partial charge in [0.2, 0.25) is 5.95 Å². The van der Waals surface area contributed by atoms with Gasteiger partial charge >= 0.3 is 0 Å². The molecule has 0 aliphatic heterocycles. The number of nitrogen functional groups attached to an aromatic ring is 1. The predicted octanol–water partition coefficient (Wildman–Crippen LogP) is 2.44. The molecule has 2 aromatic rings. The predicted molar refractivity (Wildman–Crippen MR) is 78.4 cm³/mol. The second kappa shape index (κ2) is 6.04. The zero-order valence-corrected chi connectivity index (χ0v) is 11.5. The number of anilines is 2. The van der Waals surface area contributed by atoms with E-state index in [9.17, 15) is 5.11 Å². The van der Waals surface area contributed by atoms with E-state index in [-0.39, 0.29) is 18.6 Å². The Bertz CT molecular complexity index is 576. The van der Waals surface area contributed by atoms with Gasteiger partial charge in [0.05, 0.1) is 23.2 Å². The number of benzene rings is 1. The second-order valence-electron chi connectivity index (χ2n) is 4.38. The van der Waals surface area contributed by atoms with Gasteiger partial charge in [0.15, 0.2) is 0 Å². The molecule has 5 nitrogen and oxygen atoms in total. The van der Waals surface area contributed by atoms with Crippen LogP contribution in [-0.4, -0.2) is 27.7 Å². The number of fused-ring (bicyclic) bond motifs is 1. The summed E-state index contributed by atoms with van der Waals surface area (Å²) in [6.07, 6.45) is 1.82. The average Bonchev–Trinajstić information content (AvgIpc) is 2.39. The molecular formula is C13H17ClN4O. The van der Waals surface area contributed by atoms with E-state index in [4.69, 9.17) is 17.3 Å². The number of aliphatic hydroxyl groups is 1. The highest BCUT2D eigenvalue weighted by molar-refractivity contribution is 6.35. The van der Waals surface area contributed by atoms with E-state index in [1.54, 1.807) is 6.07 Å². The van der Waals surface area contributed by atoms with E-state index < -0.39 is 0 Å². The maximum absolute atomic E-state index is 9.35. The summed E-state index contributed by atoms with van der Waals surface area (Å²) in [5, 5.41) is 13.9. The first-order chi connectivity index (χ1) is 9.15. The van der Waals surface area contributed by atoms with Gasteiger partial charge in [0.1, 0.15) is 5.82 Å². The minimum absolute atomic E-state index is 0.0415. The van der Waals surface area contributed by atoms with Crippen LogP contribution in [0, 0.1) is 0 Å². The van der Waals surface area contributed by atoms with E-state index >= 15 is 0 Å². The van der Waals surface area contributed by atoms with Crippen LogP contribution in [-0.2, 0) is 0 Å². The van der Waals surface area contributed by atoms with Gasteiger partial charge < -0.3 is 16.2 Å². The first-order valence-electron chi connectivity index (χ1n) is 6.24. The van der Waals surface area contributed by atoms with Crippen molar-refractivity contribution < 1.29 is 5.11 Å². The topological polar surface area (TPSA) is 84.1 Å². The quantitative estimate of drug-likeness (QED) is 0.783. The summed E-state index contributed by atoms with van der Waals surface area (Å²) in [7, 11) is 0. The third kappa shape index (κ3) is 3.05.